The van der Waals surface area contributed by atoms with Crippen LogP contribution in [0.4, 0.5) is 5.69 Å². The molecule has 2 amide bonds. The average molecular weight is 386 g/mol. The van der Waals surface area contributed by atoms with Gasteiger partial charge in [-0.25, -0.2) is 0 Å². The summed E-state index contributed by atoms with van der Waals surface area (Å²) < 4.78 is 1.91. The normalized spacial score (nSPS) is 14.2. The van der Waals surface area contributed by atoms with Crippen molar-refractivity contribution in [3.63, 3.8) is 0 Å². The third-order valence-electron chi connectivity index (χ3n) is 5.24. The fraction of sp³-hybridized carbons (Fsp3) is 0.0476. The SMILES string of the molecule is Cn1cc(C2=C(c3c[nH]c4cc([N+](=O)[O-])ccc34)C(=O)NC2=O)c2ccccc21. The number of para-hydroxylation sites is 1. The van der Waals surface area contributed by atoms with E-state index in [0.717, 1.165) is 10.9 Å². The van der Waals surface area contributed by atoms with E-state index in [1.54, 1.807) is 12.3 Å². The molecular formula is C21H14N4O4. The summed E-state index contributed by atoms with van der Waals surface area (Å²) in [4.78, 5) is 39.0. The molecule has 0 bridgehead atoms. The maximum absolute atomic E-state index is 12.7. The number of nitrogens with one attached hydrogen (secondary N) is 2. The van der Waals surface area contributed by atoms with Crippen LogP contribution in [0.5, 0.6) is 0 Å². The second-order valence-electron chi connectivity index (χ2n) is 6.89. The molecule has 0 atom stereocenters. The van der Waals surface area contributed by atoms with Gasteiger partial charge in [0.2, 0.25) is 0 Å². The number of fused-ring (bicyclic) bond motifs is 2. The second-order valence-corrected chi connectivity index (χ2v) is 6.89. The number of hydrogen-bond acceptors (Lipinski definition) is 4. The van der Waals surface area contributed by atoms with Crippen molar-refractivity contribution in [3.8, 4) is 0 Å². The maximum Gasteiger partial charge on any atom is 0.271 e. The standard InChI is InChI=1S/C21H14N4O4/c1-24-10-15(13-4-2-3-5-17(13)24)19-18(20(26)23-21(19)27)14-9-22-16-8-11(25(28)29)6-7-12(14)16/h2-10,22H,1H3,(H,23,26,27). The van der Waals surface area contributed by atoms with Gasteiger partial charge in [-0.15, -0.1) is 0 Å². The van der Waals surface area contributed by atoms with Crippen LogP contribution in [0.1, 0.15) is 11.1 Å². The number of rotatable bonds is 3. The van der Waals surface area contributed by atoms with Gasteiger partial charge in [-0.05, 0) is 12.1 Å². The lowest BCUT2D eigenvalue weighted by Crippen LogP contribution is -2.22. The van der Waals surface area contributed by atoms with Crippen molar-refractivity contribution in [2.75, 3.05) is 0 Å². The number of hydrogen-bond donors (Lipinski definition) is 2. The molecule has 0 saturated carbocycles. The van der Waals surface area contributed by atoms with Crippen molar-refractivity contribution in [3.05, 3.63) is 76.1 Å². The maximum atomic E-state index is 12.7. The van der Waals surface area contributed by atoms with Gasteiger partial charge in [0.1, 0.15) is 0 Å². The predicted molar refractivity (Wildman–Crippen MR) is 108 cm³/mol. The highest BCUT2D eigenvalue weighted by Crippen LogP contribution is 2.38. The van der Waals surface area contributed by atoms with E-state index in [-0.39, 0.29) is 11.3 Å². The van der Waals surface area contributed by atoms with Gasteiger partial charge >= 0.3 is 0 Å². The summed E-state index contributed by atoms with van der Waals surface area (Å²) in [6.45, 7) is 0. The van der Waals surface area contributed by atoms with Crippen molar-refractivity contribution in [1.82, 2.24) is 14.9 Å². The zero-order valence-electron chi connectivity index (χ0n) is 15.2. The first-order chi connectivity index (χ1) is 14.0. The molecule has 0 radical (unpaired) electrons. The highest BCUT2D eigenvalue weighted by atomic mass is 16.6. The van der Waals surface area contributed by atoms with E-state index in [0.29, 0.717) is 27.6 Å². The minimum absolute atomic E-state index is 0.0545. The first kappa shape index (κ1) is 16.9. The van der Waals surface area contributed by atoms with E-state index >= 15 is 0 Å². The molecule has 8 nitrogen and oxygen atoms in total. The molecule has 8 heteroatoms. The van der Waals surface area contributed by atoms with Crippen molar-refractivity contribution in [1.29, 1.82) is 0 Å². The molecular weight excluding hydrogens is 372 g/mol. The molecule has 2 aromatic heterocycles. The number of nitrogens with zero attached hydrogens (tertiary/aromatic N) is 2. The Balaban J connectivity index is 1.80. The largest absolute Gasteiger partial charge is 0.360 e. The lowest BCUT2D eigenvalue weighted by molar-refractivity contribution is -0.384. The van der Waals surface area contributed by atoms with Crippen LogP contribution >= 0.6 is 0 Å². The Morgan fingerprint density at radius 2 is 1.69 bits per heavy atom. The van der Waals surface area contributed by atoms with Crippen LogP contribution in [0.2, 0.25) is 0 Å². The van der Waals surface area contributed by atoms with Crippen LogP contribution < -0.4 is 5.32 Å². The zero-order chi connectivity index (χ0) is 20.3. The summed E-state index contributed by atoms with van der Waals surface area (Å²) in [6, 6.07) is 12.0. The van der Waals surface area contributed by atoms with Gasteiger partial charge in [0, 0.05) is 59.0 Å². The van der Waals surface area contributed by atoms with Crippen LogP contribution in [0.15, 0.2) is 54.9 Å². The van der Waals surface area contributed by atoms with Crippen LogP contribution in [0.25, 0.3) is 33.0 Å². The molecule has 0 unspecified atom stereocenters. The van der Waals surface area contributed by atoms with Gasteiger partial charge in [0.05, 0.1) is 21.6 Å². The number of nitro groups is 1. The summed E-state index contributed by atoms with van der Waals surface area (Å²) in [5.74, 6) is -0.949. The fourth-order valence-electron chi connectivity index (χ4n) is 3.94. The van der Waals surface area contributed by atoms with Crippen LogP contribution in [-0.4, -0.2) is 26.3 Å². The molecule has 142 valence electrons. The van der Waals surface area contributed by atoms with E-state index in [1.165, 1.54) is 12.1 Å². The van der Waals surface area contributed by atoms with E-state index in [4.69, 9.17) is 0 Å². The molecule has 4 aromatic rings. The average Bonchev–Trinajstić information content (AvgIpc) is 3.34. The first-order valence-corrected chi connectivity index (χ1v) is 8.86. The van der Waals surface area contributed by atoms with Gasteiger partial charge in [0.15, 0.2) is 0 Å². The third-order valence-corrected chi connectivity index (χ3v) is 5.24. The van der Waals surface area contributed by atoms with Crippen molar-refractivity contribution < 1.29 is 14.5 Å². The Kier molecular flexibility index (Phi) is 3.44. The number of aromatic amines is 1. The minimum Gasteiger partial charge on any atom is -0.360 e. The van der Waals surface area contributed by atoms with Crippen molar-refractivity contribution >= 4 is 50.5 Å². The zero-order valence-corrected chi connectivity index (χ0v) is 15.2. The molecule has 5 rings (SSSR count). The van der Waals surface area contributed by atoms with E-state index < -0.39 is 16.7 Å². The molecule has 29 heavy (non-hydrogen) atoms. The predicted octanol–water partition coefficient (Wildman–Crippen LogP) is 3.14. The first-order valence-electron chi connectivity index (χ1n) is 8.86. The van der Waals surface area contributed by atoms with Gasteiger partial charge in [-0.1, -0.05) is 18.2 Å². The topological polar surface area (TPSA) is 110 Å². The summed E-state index contributed by atoms with van der Waals surface area (Å²) in [5.41, 5.74) is 3.15. The van der Waals surface area contributed by atoms with Crippen molar-refractivity contribution in [2.24, 2.45) is 7.05 Å². The lowest BCUT2D eigenvalue weighted by atomic mass is 9.95. The molecule has 3 heterocycles. The Bertz CT molecular complexity index is 1410. The number of aryl methyl sites for hydroxylation is 1. The monoisotopic (exact) mass is 386 g/mol. The van der Waals surface area contributed by atoms with Crippen molar-refractivity contribution in [2.45, 2.75) is 0 Å². The highest BCUT2D eigenvalue weighted by molar-refractivity contribution is 6.50. The smallest absolute Gasteiger partial charge is 0.271 e. The van der Waals surface area contributed by atoms with E-state index in [9.17, 15) is 19.7 Å². The molecule has 1 aliphatic heterocycles. The Labute approximate surface area is 163 Å². The fourth-order valence-corrected chi connectivity index (χ4v) is 3.94. The molecule has 1 aliphatic rings. The number of non-ortho nitro benzene ring substituents is 1. The minimum atomic E-state index is -0.489. The Morgan fingerprint density at radius 3 is 2.45 bits per heavy atom. The highest BCUT2D eigenvalue weighted by Gasteiger charge is 2.35. The van der Waals surface area contributed by atoms with E-state index in [1.807, 2.05) is 42.1 Å². The number of benzene rings is 2. The van der Waals surface area contributed by atoms with Gasteiger partial charge in [-0.3, -0.25) is 25.0 Å². The van der Waals surface area contributed by atoms with Crippen LogP contribution in [-0.2, 0) is 16.6 Å². The Hall–Kier alpha value is -4.20. The third kappa shape index (κ3) is 2.39. The quantitative estimate of drug-likeness (QED) is 0.320. The van der Waals surface area contributed by atoms with Crippen LogP contribution in [0, 0.1) is 10.1 Å². The summed E-state index contributed by atoms with van der Waals surface area (Å²) in [5, 5.41) is 14.9. The number of nitro benzene ring substituents is 1. The molecule has 2 N–H and O–H groups in total. The molecule has 0 saturated heterocycles. The number of imide groups is 1. The number of carbonyl (C=O) groups is 2. The van der Waals surface area contributed by atoms with Crippen LogP contribution in [0.3, 0.4) is 0 Å². The summed E-state index contributed by atoms with van der Waals surface area (Å²) in [6.07, 6.45) is 3.44. The lowest BCUT2D eigenvalue weighted by Gasteiger charge is -2.03. The van der Waals surface area contributed by atoms with E-state index in [2.05, 4.69) is 10.3 Å². The number of amides is 2. The molecule has 0 fully saturated rings. The molecule has 0 aliphatic carbocycles. The summed E-state index contributed by atoms with van der Waals surface area (Å²) in [7, 11) is 1.88. The molecule has 2 aromatic carbocycles. The number of aromatic nitrogens is 2. The van der Waals surface area contributed by atoms with Gasteiger partial charge < -0.3 is 9.55 Å². The number of carbonyl (C=O) groups excluding carboxylic acids is 2. The summed E-state index contributed by atoms with van der Waals surface area (Å²) >= 11 is 0. The molecule has 0 spiro atoms. The number of H-pyrrole nitrogens is 1. The van der Waals surface area contributed by atoms with Gasteiger partial charge in [0.25, 0.3) is 17.5 Å². The van der Waals surface area contributed by atoms with Gasteiger partial charge in [-0.2, -0.15) is 0 Å². The Morgan fingerprint density at radius 1 is 0.966 bits per heavy atom. The second kappa shape index (κ2) is 5.90.